The second-order valence-corrected chi connectivity index (χ2v) is 6.38. The maximum atomic E-state index is 5.78. The van der Waals surface area contributed by atoms with Crippen molar-refractivity contribution in [2.24, 2.45) is 11.3 Å². The largest absolute Gasteiger partial charge is 0.271 e. The number of nitrogens with one attached hydrogen (secondary N) is 1. The van der Waals surface area contributed by atoms with Gasteiger partial charge in [-0.1, -0.05) is 26.2 Å². The van der Waals surface area contributed by atoms with E-state index in [2.05, 4.69) is 29.2 Å². The summed E-state index contributed by atoms with van der Waals surface area (Å²) >= 11 is 1.78. The lowest BCUT2D eigenvalue weighted by molar-refractivity contribution is 0.138. The molecule has 1 aromatic heterocycles. The first-order valence-electron chi connectivity index (χ1n) is 6.72. The van der Waals surface area contributed by atoms with Crippen LogP contribution in [0.25, 0.3) is 0 Å². The number of rotatable bonds is 5. The van der Waals surface area contributed by atoms with E-state index in [4.69, 9.17) is 5.84 Å². The molecule has 0 spiro atoms. The lowest BCUT2D eigenvalue weighted by Gasteiger charge is -2.40. The van der Waals surface area contributed by atoms with Crippen molar-refractivity contribution in [1.82, 2.24) is 5.43 Å². The Morgan fingerprint density at radius 1 is 1.41 bits per heavy atom. The Balaban J connectivity index is 1.91. The van der Waals surface area contributed by atoms with Gasteiger partial charge in [0.25, 0.3) is 0 Å². The molecule has 1 aliphatic carbocycles. The zero-order chi connectivity index (χ0) is 12.1. The van der Waals surface area contributed by atoms with Gasteiger partial charge in [0, 0.05) is 6.04 Å². The van der Waals surface area contributed by atoms with Crippen LogP contribution >= 0.6 is 11.3 Å². The average molecular weight is 252 g/mol. The van der Waals surface area contributed by atoms with E-state index >= 15 is 0 Å². The predicted molar refractivity (Wildman–Crippen MR) is 74.9 cm³/mol. The van der Waals surface area contributed by atoms with E-state index in [-0.39, 0.29) is 0 Å². The number of hydrazine groups is 1. The van der Waals surface area contributed by atoms with Gasteiger partial charge in [0.2, 0.25) is 0 Å². The summed E-state index contributed by atoms with van der Waals surface area (Å²) in [5, 5.41) is 4.40. The van der Waals surface area contributed by atoms with Crippen molar-refractivity contribution in [3.8, 4) is 0 Å². The number of hydrogen-bond acceptors (Lipinski definition) is 3. The number of aryl methyl sites for hydroxylation is 1. The minimum atomic E-state index is 0.406. The Morgan fingerprint density at radius 2 is 2.18 bits per heavy atom. The van der Waals surface area contributed by atoms with Crippen LogP contribution in [-0.4, -0.2) is 6.04 Å². The molecule has 2 rings (SSSR count). The van der Waals surface area contributed by atoms with Crippen LogP contribution in [0.4, 0.5) is 0 Å². The third-order valence-corrected chi connectivity index (χ3v) is 5.07. The van der Waals surface area contributed by atoms with E-state index in [1.165, 1.54) is 37.7 Å². The fourth-order valence-electron chi connectivity index (χ4n) is 3.09. The maximum Gasteiger partial charge on any atom is 0.0267 e. The first kappa shape index (κ1) is 13.1. The highest BCUT2D eigenvalue weighted by Gasteiger charge is 2.34. The van der Waals surface area contributed by atoms with Crippen LogP contribution in [-0.2, 0) is 6.42 Å². The highest BCUT2D eigenvalue weighted by Crippen LogP contribution is 2.39. The van der Waals surface area contributed by atoms with Gasteiger partial charge in [-0.15, -0.1) is 0 Å². The topological polar surface area (TPSA) is 38.0 Å². The van der Waals surface area contributed by atoms with Crippen molar-refractivity contribution in [3.63, 3.8) is 0 Å². The molecule has 0 amide bonds. The fraction of sp³-hybridized carbons (Fsp3) is 0.714. The number of hydrogen-bond donors (Lipinski definition) is 2. The minimum Gasteiger partial charge on any atom is -0.271 e. The first-order valence-corrected chi connectivity index (χ1v) is 7.66. The van der Waals surface area contributed by atoms with Crippen molar-refractivity contribution < 1.29 is 0 Å². The quantitative estimate of drug-likeness (QED) is 0.622. The third kappa shape index (κ3) is 3.30. The van der Waals surface area contributed by atoms with Crippen LogP contribution in [0.1, 0.15) is 51.0 Å². The Labute approximate surface area is 109 Å². The van der Waals surface area contributed by atoms with E-state index in [0.29, 0.717) is 11.5 Å². The molecule has 1 saturated carbocycles. The molecule has 1 heterocycles. The first-order chi connectivity index (χ1) is 8.24. The van der Waals surface area contributed by atoms with Gasteiger partial charge in [0.05, 0.1) is 0 Å². The normalized spacial score (nSPS) is 21.3. The van der Waals surface area contributed by atoms with Gasteiger partial charge in [0.15, 0.2) is 0 Å². The Kier molecular flexibility index (Phi) is 4.60. The van der Waals surface area contributed by atoms with Crippen LogP contribution in [0.15, 0.2) is 16.8 Å². The zero-order valence-corrected chi connectivity index (χ0v) is 11.6. The molecule has 1 aliphatic rings. The second kappa shape index (κ2) is 5.98. The fourth-order valence-corrected chi connectivity index (χ4v) is 3.79. The van der Waals surface area contributed by atoms with Gasteiger partial charge in [-0.25, -0.2) is 0 Å². The van der Waals surface area contributed by atoms with Crippen molar-refractivity contribution in [1.29, 1.82) is 0 Å². The molecule has 0 bridgehead atoms. The van der Waals surface area contributed by atoms with Gasteiger partial charge in [-0.3, -0.25) is 11.3 Å². The molecule has 0 radical (unpaired) electrons. The van der Waals surface area contributed by atoms with Gasteiger partial charge in [-0.2, -0.15) is 11.3 Å². The summed E-state index contributed by atoms with van der Waals surface area (Å²) in [5.74, 6) is 5.78. The van der Waals surface area contributed by atoms with Crippen molar-refractivity contribution >= 4 is 11.3 Å². The van der Waals surface area contributed by atoms with E-state index in [1.54, 1.807) is 11.3 Å². The molecule has 3 N–H and O–H groups in total. The number of nitrogens with two attached hydrogens (primary N) is 1. The highest BCUT2D eigenvalue weighted by atomic mass is 32.1. The monoisotopic (exact) mass is 252 g/mol. The summed E-state index contributed by atoms with van der Waals surface area (Å²) in [6.07, 6.45) is 9.09. The van der Waals surface area contributed by atoms with Gasteiger partial charge < -0.3 is 0 Å². The Bertz CT molecular complexity index is 315. The molecule has 1 atom stereocenters. The van der Waals surface area contributed by atoms with E-state index in [0.717, 1.165) is 12.8 Å². The molecule has 96 valence electrons. The number of thiophene rings is 1. The molecule has 1 fully saturated rings. The van der Waals surface area contributed by atoms with Crippen LogP contribution in [0.5, 0.6) is 0 Å². The smallest absolute Gasteiger partial charge is 0.0267 e. The predicted octanol–water partition coefficient (Wildman–Crippen LogP) is 3.48. The summed E-state index contributed by atoms with van der Waals surface area (Å²) in [6.45, 7) is 2.41. The molecular formula is C14H24N2S. The third-order valence-electron chi connectivity index (χ3n) is 4.34. The molecule has 1 aromatic rings. The summed E-state index contributed by atoms with van der Waals surface area (Å²) < 4.78 is 0. The van der Waals surface area contributed by atoms with Crippen LogP contribution in [0, 0.1) is 5.41 Å². The highest BCUT2D eigenvalue weighted by molar-refractivity contribution is 7.07. The van der Waals surface area contributed by atoms with E-state index < -0.39 is 0 Å². The summed E-state index contributed by atoms with van der Waals surface area (Å²) in [5.41, 5.74) is 4.94. The van der Waals surface area contributed by atoms with Gasteiger partial charge in [0.1, 0.15) is 0 Å². The second-order valence-electron chi connectivity index (χ2n) is 5.60. The minimum absolute atomic E-state index is 0.406. The molecule has 2 nitrogen and oxygen atoms in total. The standard InChI is InChI=1S/C14H24N2S/c1-14(8-3-2-4-9-14)13(16-15)6-5-12-7-10-17-11-12/h7,10-11,13,16H,2-6,8-9,15H2,1H3. The lowest BCUT2D eigenvalue weighted by Crippen LogP contribution is -2.48. The Morgan fingerprint density at radius 3 is 2.76 bits per heavy atom. The molecular weight excluding hydrogens is 228 g/mol. The molecule has 17 heavy (non-hydrogen) atoms. The molecule has 0 aliphatic heterocycles. The van der Waals surface area contributed by atoms with E-state index in [9.17, 15) is 0 Å². The van der Waals surface area contributed by atoms with Crippen LogP contribution in [0.2, 0.25) is 0 Å². The van der Waals surface area contributed by atoms with Gasteiger partial charge >= 0.3 is 0 Å². The van der Waals surface area contributed by atoms with E-state index in [1.807, 2.05) is 0 Å². The van der Waals surface area contributed by atoms with Crippen molar-refractivity contribution in [2.75, 3.05) is 0 Å². The Hall–Kier alpha value is -0.380. The summed E-state index contributed by atoms with van der Waals surface area (Å²) in [7, 11) is 0. The zero-order valence-electron chi connectivity index (χ0n) is 10.7. The van der Waals surface area contributed by atoms with Crippen molar-refractivity contribution in [3.05, 3.63) is 22.4 Å². The summed E-state index contributed by atoms with van der Waals surface area (Å²) in [6, 6.07) is 2.68. The SMILES string of the molecule is CC1(C(CCc2ccsc2)NN)CCCCC1. The molecule has 0 aromatic carbocycles. The van der Waals surface area contributed by atoms with Gasteiger partial charge in [-0.05, 0) is 53.5 Å². The van der Waals surface area contributed by atoms with Crippen LogP contribution < -0.4 is 11.3 Å². The van der Waals surface area contributed by atoms with Crippen molar-refractivity contribution in [2.45, 2.75) is 57.9 Å². The summed E-state index contributed by atoms with van der Waals surface area (Å²) in [4.78, 5) is 0. The molecule has 0 saturated heterocycles. The average Bonchev–Trinajstić information content (AvgIpc) is 2.83. The van der Waals surface area contributed by atoms with Crippen LogP contribution in [0.3, 0.4) is 0 Å². The molecule has 3 heteroatoms. The molecule has 1 unspecified atom stereocenters. The maximum absolute atomic E-state index is 5.78. The lowest BCUT2D eigenvalue weighted by atomic mass is 9.69.